The Morgan fingerprint density at radius 2 is 1.42 bits per heavy atom. The molecule has 0 unspecified atom stereocenters. The van der Waals surface area contributed by atoms with Crippen molar-refractivity contribution in [2.75, 3.05) is 4.72 Å². The molecule has 7 aromatic rings. The number of benzene rings is 5. The van der Waals surface area contributed by atoms with E-state index in [9.17, 15) is 32.8 Å². The number of carbonyl (C=O) groups is 2. The lowest BCUT2D eigenvalue weighted by Gasteiger charge is -2.18. The molecule has 60 heavy (non-hydrogen) atoms. The van der Waals surface area contributed by atoms with Crippen molar-refractivity contribution in [3.05, 3.63) is 178 Å². The van der Waals surface area contributed by atoms with Crippen molar-refractivity contribution in [2.24, 2.45) is 0 Å². The Kier molecular flexibility index (Phi) is 13.0. The summed E-state index contributed by atoms with van der Waals surface area (Å²) in [5.74, 6) is -6.47. The summed E-state index contributed by atoms with van der Waals surface area (Å²) in [5.41, 5.74) is 2.55. The van der Waals surface area contributed by atoms with E-state index in [0.717, 1.165) is 4.47 Å². The van der Waals surface area contributed by atoms with Gasteiger partial charge in [0.15, 0.2) is 0 Å². The molecule has 2 heterocycles. The summed E-state index contributed by atoms with van der Waals surface area (Å²) < 4.78 is 72.8. The molecule has 298 valence electrons. The van der Waals surface area contributed by atoms with Crippen molar-refractivity contribution in [1.29, 1.82) is 10.5 Å². The first-order chi connectivity index (χ1) is 28.8. The molecule has 2 aromatic heterocycles. The number of fused-ring (bicyclic) bond motifs is 1. The normalized spacial score (nSPS) is 11.3. The van der Waals surface area contributed by atoms with Crippen LogP contribution in [-0.4, -0.2) is 41.4 Å². The Morgan fingerprint density at radius 3 is 2.05 bits per heavy atom. The highest BCUT2D eigenvalue weighted by atomic mass is 79.9. The summed E-state index contributed by atoms with van der Waals surface area (Å²) in [7, 11) is -4.36. The number of sulfonamides is 1. The van der Waals surface area contributed by atoms with Gasteiger partial charge < -0.3 is 10.4 Å². The summed E-state index contributed by atoms with van der Waals surface area (Å²) in [6.07, 6.45) is 2.50. The average molecular weight is 890 g/mol. The van der Waals surface area contributed by atoms with E-state index in [0.29, 0.717) is 62.0 Å². The maximum absolute atomic E-state index is 15.2. The van der Waals surface area contributed by atoms with Crippen molar-refractivity contribution < 1.29 is 36.3 Å². The van der Waals surface area contributed by atoms with Crippen LogP contribution in [0.2, 0.25) is 0 Å². The molecule has 1 amide bonds. The number of pyridine rings is 2. The van der Waals surface area contributed by atoms with Crippen LogP contribution in [0.4, 0.5) is 18.9 Å². The Morgan fingerprint density at radius 1 is 0.750 bits per heavy atom. The average Bonchev–Trinajstić information content (AvgIpc) is 3.23. The summed E-state index contributed by atoms with van der Waals surface area (Å²) >= 11 is 3.23. The number of carboxylic acids is 1. The number of amides is 1. The highest BCUT2D eigenvalue weighted by molar-refractivity contribution is 9.10. The maximum Gasteiger partial charge on any atom is 0.326 e. The predicted molar refractivity (Wildman–Crippen MR) is 220 cm³/mol. The Hall–Kier alpha value is -7.40. The van der Waals surface area contributed by atoms with Gasteiger partial charge in [-0.2, -0.15) is 14.9 Å². The molecule has 0 aliphatic carbocycles. The van der Waals surface area contributed by atoms with Crippen LogP contribution >= 0.6 is 15.9 Å². The molecule has 0 fully saturated rings. The fourth-order valence-electron chi connectivity index (χ4n) is 6.12. The Labute approximate surface area is 349 Å². The lowest BCUT2D eigenvalue weighted by atomic mass is 9.93. The minimum absolute atomic E-state index is 0.266. The fourth-order valence-corrected chi connectivity index (χ4v) is 7.53. The molecule has 1 atom stereocenters. The van der Waals surface area contributed by atoms with Gasteiger partial charge in [0.25, 0.3) is 15.9 Å². The zero-order valence-corrected chi connectivity index (χ0v) is 33.2. The second-order valence-electron chi connectivity index (χ2n) is 12.8. The molecule has 0 aliphatic heterocycles. The highest BCUT2D eigenvalue weighted by Crippen LogP contribution is 2.32. The number of rotatable bonds is 10. The van der Waals surface area contributed by atoms with Crippen LogP contribution in [0.25, 0.3) is 33.2 Å². The number of hydrogen-bond acceptors (Lipinski definition) is 8. The van der Waals surface area contributed by atoms with Gasteiger partial charge in [0.1, 0.15) is 29.3 Å². The lowest BCUT2D eigenvalue weighted by Crippen LogP contribution is -2.43. The van der Waals surface area contributed by atoms with E-state index in [-0.39, 0.29) is 11.3 Å². The molecule has 3 N–H and O–H groups in total. The number of anilines is 1. The summed E-state index contributed by atoms with van der Waals surface area (Å²) in [6.45, 7) is 0. The molecule has 5 aromatic carbocycles. The summed E-state index contributed by atoms with van der Waals surface area (Å²) in [5, 5.41) is 30.7. The SMILES string of the molecule is N#Cc1ccccc1-c1ccc(C[C@H](NC(=O)c2c(F)cc(NS(=O)(=O)c3ccc(-c4ccnc(F)c4)cc3)cc2F)C(=O)O)c2cccnc12.N#Cc1ccccc1Br. The topological polar surface area (TPSA) is 186 Å². The van der Waals surface area contributed by atoms with Gasteiger partial charge in [-0.05, 0) is 87.2 Å². The van der Waals surface area contributed by atoms with Gasteiger partial charge in [0.2, 0.25) is 5.95 Å². The van der Waals surface area contributed by atoms with Gasteiger partial charge in [0.05, 0.1) is 33.3 Å². The first-order valence-electron chi connectivity index (χ1n) is 17.6. The Bertz CT molecular complexity index is 2950. The first kappa shape index (κ1) is 42.2. The molecule has 0 bridgehead atoms. The molecule has 0 radical (unpaired) electrons. The number of carboxylic acid groups (broad SMARTS) is 1. The predicted octanol–water partition coefficient (Wildman–Crippen LogP) is 8.80. The minimum atomic E-state index is -4.36. The van der Waals surface area contributed by atoms with E-state index in [1.165, 1.54) is 42.6 Å². The van der Waals surface area contributed by atoms with Gasteiger partial charge >= 0.3 is 5.97 Å². The van der Waals surface area contributed by atoms with Gasteiger partial charge in [-0.3, -0.25) is 14.5 Å². The largest absolute Gasteiger partial charge is 0.480 e. The second-order valence-corrected chi connectivity index (χ2v) is 15.3. The highest BCUT2D eigenvalue weighted by Gasteiger charge is 2.27. The number of aromatic nitrogens is 2. The molecule has 0 saturated carbocycles. The fraction of sp³-hybridized carbons (Fsp3) is 0.0455. The zero-order valence-electron chi connectivity index (χ0n) is 30.8. The van der Waals surface area contributed by atoms with E-state index in [2.05, 4.69) is 42.0 Å². The van der Waals surface area contributed by atoms with Crippen LogP contribution in [0.5, 0.6) is 0 Å². The van der Waals surface area contributed by atoms with Crippen molar-refractivity contribution in [1.82, 2.24) is 15.3 Å². The maximum atomic E-state index is 15.2. The van der Waals surface area contributed by atoms with E-state index in [4.69, 9.17) is 5.26 Å². The quantitative estimate of drug-likeness (QED) is 0.113. The van der Waals surface area contributed by atoms with E-state index >= 15 is 8.78 Å². The number of nitriles is 2. The van der Waals surface area contributed by atoms with Crippen molar-refractivity contribution >= 4 is 54.4 Å². The van der Waals surface area contributed by atoms with Crippen LogP contribution in [0.15, 0.2) is 143 Å². The number of nitrogens with zero attached hydrogens (tertiary/aromatic N) is 4. The van der Waals surface area contributed by atoms with Gasteiger partial charge in [-0.15, -0.1) is 0 Å². The van der Waals surface area contributed by atoms with Gasteiger partial charge in [-0.1, -0.05) is 60.7 Å². The number of aliphatic carboxylic acids is 1. The minimum Gasteiger partial charge on any atom is -0.480 e. The van der Waals surface area contributed by atoms with Crippen LogP contribution in [0.1, 0.15) is 27.0 Å². The molecule has 0 saturated heterocycles. The van der Waals surface area contributed by atoms with E-state index < -0.39 is 56.8 Å². The summed E-state index contributed by atoms with van der Waals surface area (Å²) in [6, 6.07) is 32.6. The molecule has 0 spiro atoms. The van der Waals surface area contributed by atoms with Crippen LogP contribution in [0, 0.1) is 40.2 Å². The van der Waals surface area contributed by atoms with Crippen LogP contribution in [0.3, 0.4) is 0 Å². The number of hydrogen-bond donors (Lipinski definition) is 3. The molecular formula is C44H28BrF3N6O5S. The number of nitrogens with one attached hydrogen (secondary N) is 2. The van der Waals surface area contributed by atoms with Crippen molar-refractivity contribution in [3.63, 3.8) is 0 Å². The third-order valence-electron chi connectivity index (χ3n) is 8.97. The number of carbonyl (C=O) groups excluding carboxylic acids is 1. The van der Waals surface area contributed by atoms with E-state index in [1.807, 2.05) is 24.3 Å². The smallest absolute Gasteiger partial charge is 0.326 e. The van der Waals surface area contributed by atoms with Crippen molar-refractivity contribution in [2.45, 2.75) is 17.4 Å². The Balaban J connectivity index is 0.000000594. The third-order valence-corrected chi connectivity index (χ3v) is 11.1. The molecular weight excluding hydrogens is 861 g/mol. The zero-order chi connectivity index (χ0) is 43.0. The van der Waals surface area contributed by atoms with E-state index in [1.54, 1.807) is 60.8 Å². The summed E-state index contributed by atoms with van der Waals surface area (Å²) in [4.78, 5) is 33.0. The second kappa shape index (κ2) is 18.5. The molecule has 11 nitrogen and oxygen atoms in total. The van der Waals surface area contributed by atoms with Gasteiger partial charge in [-0.25, -0.2) is 27.0 Å². The molecule has 16 heteroatoms. The van der Waals surface area contributed by atoms with Crippen molar-refractivity contribution in [3.8, 4) is 34.4 Å². The van der Waals surface area contributed by atoms with Gasteiger partial charge in [0, 0.05) is 45.9 Å². The number of halogens is 4. The molecule has 0 aliphatic rings. The monoisotopic (exact) mass is 888 g/mol. The molecule has 7 rings (SSSR count). The third kappa shape index (κ3) is 9.65. The first-order valence-corrected chi connectivity index (χ1v) is 19.9. The lowest BCUT2D eigenvalue weighted by molar-refractivity contribution is -0.139. The standard InChI is InChI=1S/C37H24F3N5O5S.C7H4BrN/c38-30-18-25(45-51(49,50)26-10-7-21(8-11-26)22-13-15-42-33(40)17-22)19-31(39)34(30)36(46)44-32(37(47)48)16-23-9-12-29(35-28(23)6-3-14-43-35)27-5-2-1-4-24(27)20-41;8-7-4-2-1-3-6(7)5-9/h1-15,17-19,32,45H,16H2,(H,44,46)(H,47,48);1-4H/t32-;/m0./s1. The van der Waals surface area contributed by atoms with Crippen LogP contribution in [-0.2, 0) is 21.2 Å². The van der Waals surface area contributed by atoms with Crippen LogP contribution < -0.4 is 10.0 Å².